The first kappa shape index (κ1) is 24.4. The predicted octanol–water partition coefficient (Wildman–Crippen LogP) is -1.34. The fourth-order valence-corrected chi connectivity index (χ4v) is 7.29. The second kappa shape index (κ2) is 8.62. The minimum atomic E-state index is -5.08. The van der Waals surface area contributed by atoms with Crippen LogP contribution < -0.4 is 5.73 Å². The van der Waals surface area contributed by atoms with E-state index in [1.54, 1.807) is 0 Å². The van der Waals surface area contributed by atoms with Crippen LogP contribution in [0.5, 0.6) is 0 Å². The van der Waals surface area contributed by atoms with Gasteiger partial charge in [-0.3, -0.25) is 18.3 Å². The van der Waals surface area contributed by atoms with Gasteiger partial charge in [-0.1, -0.05) is 0 Å². The van der Waals surface area contributed by atoms with Crippen LogP contribution in [0, 0.1) is 0 Å². The lowest BCUT2D eigenvalue weighted by atomic mass is 10.1. The third kappa shape index (κ3) is 5.78. The molecule has 7 N–H and O–H groups in total. The second-order valence-electron chi connectivity index (χ2n) is 6.49. The van der Waals surface area contributed by atoms with Crippen LogP contribution in [0.4, 0.5) is 5.82 Å². The molecule has 0 amide bonds. The summed E-state index contributed by atoms with van der Waals surface area (Å²) >= 11 is 0. The Labute approximate surface area is 175 Å². The number of nitrogens with zero attached hydrogens (tertiary/aromatic N) is 4. The van der Waals surface area contributed by atoms with Gasteiger partial charge in [0, 0.05) is 0 Å². The van der Waals surface area contributed by atoms with Crippen LogP contribution in [0.15, 0.2) is 12.7 Å². The van der Waals surface area contributed by atoms with E-state index < -0.39 is 59.7 Å². The van der Waals surface area contributed by atoms with Crippen LogP contribution in [0.1, 0.15) is 6.23 Å². The highest BCUT2D eigenvalue weighted by Gasteiger charge is 2.45. The Balaban J connectivity index is 1.69. The van der Waals surface area contributed by atoms with Crippen LogP contribution in [0.25, 0.3) is 11.2 Å². The fourth-order valence-electron chi connectivity index (χ4n) is 2.79. The molecule has 0 saturated carbocycles. The molecule has 1 aliphatic heterocycles. The maximum Gasteiger partial charge on any atom is 0.346 e. The molecule has 2 radical (unpaired) electrons. The Kier molecular flexibility index (Phi) is 6.79. The van der Waals surface area contributed by atoms with Crippen LogP contribution >= 0.6 is 22.7 Å². The lowest BCUT2D eigenvalue weighted by molar-refractivity contribution is -0.0478. The van der Waals surface area contributed by atoms with E-state index >= 15 is 0 Å². The molecule has 2 aromatic heterocycles. The van der Waals surface area contributed by atoms with Gasteiger partial charge in [0.25, 0.3) is 7.47 Å². The number of rotatable bonds is 8. The Morgan fingerprint density at radius 3 is 2.48 bits per heavy atom. The molecule has 1 saturated heterocycles. The number of ether oxygens (including phenoxy) is 1. The van der Waals surface area contributed by atoms with E-state index in [0.29, 0.717) is 0 Å². The Bertz CT molecular complexity index is 1110. The molecule has 6 atom stereocenters. The Morgan fingerprint density at radius 2 is 1.84 bits per heavy atom. The maximum atomic E-state index is 12.1. The van der Waals surface area contributed by atoms with Crippen molar-refractivity contribution in [2.45, 2.75) is 24.5 Å². The molecule has 0 aliphatic carbocycles. The van der Waals surface area contributed by atoms with Gasteiger partial charge < -0.3 is 39.9 Å². The van der Waals surface area contributed by atoms with E-state index in [1.165, 1.54) is 10.9 Å². The molecule has 2 aromatic rings. The first-order valence-corrected chi connectivity index (χ1v) is 13.4. The van der Waals surface area contributed by atoms with Gasteiger partial charge in [-0.15, -0.1) is 0 Å². The third-order valence-electron chi connectivity index (χ3n) is 4.02. The van der Waals surface area contributed by atoms with Crippen molar-refractivity contribution in [2.24, 2.45) is 0 Å². The van der Waals surface area contributed by atoms with E-state index in [-0.39, 0.29) is 17.0 Å². The van der Waals surface area contributed by atoms with Crippen molar-refractivity contribution in [1.29, 1.82) is 0 Å². The molecule has 1 fully saturated rings. The average Bonchev–Trinajstić information content (AvgIpc) is 3.13. The summed E-state index contributed by atoms with van der Waals surface area (Å²) < 4.78 is 50.3. The molecule has 3 heterocycles. The maximum absolute atomic E-state index is 12.1. The summed E-state index contributed by atoms with van der Waals surface area (Å²) in [6.45, 7) is -0.776. The van der Waals surface area contributed by atoms with Crippen LogP contribution in [0.2, 0.25) is 0 Å². The smallest absolute Gasteiger partial charge is 0.346 e. The quantitative estimate of drug-likeness (QED) is 0.182. The summed E-state index contributed by atoms with van der Waals surface area (Å²) in [5.74, 6) is -1.56. The van der Waals surface area contributed by atoms with Crippen molar-refractivity contribution < 1.29 is 52.2 Å². The second-order valence-corrected chi connectivity index (χ2v) is 12.2. The molecule has 31 heavy (non-hydrogen) atoms. The van der Waals surface area contributed by atoms with Crippen molar-refractivity contribution in [3.63, 3.8) is 0 Å². The first-order chi connectivity index (χ1) is 14.2. The monoisotopic (exact) mass is 499 g/mol. The number of nitrogen functional groups attached to an aromatic ring is 1. The highest BCUT2D eigenvalue weighted by atomic mass is 31.3. The molecule has 1 aliphatic rings. The van der Waals surface area contributed by atoms with Crippen molar-refractivity contribution >= 4 is 47.2 Å². The minimum absolute atomic E-state index is 0.0710. The molecule has 16 nitrogen and oxygen atoms in total. The van der Waals surface area contributed by atoms with E-state index in [0.717, 1.165) is 6.33 Å². The van der Waals surface area contributed by atoms with Crippen molar-refractivity contribution in [3.8, 4) is 0 Å². The van der Waals surface area contributed by atoms with Gasteiger partial charge in [0.2, 0.25) is 7.57 Å². The van der Waals surface area contributed by atoms with Crippen molar-refractivity contribution in [3.05, 3.63) is 12.7 Å². The van der Waals surface area contributed by atoms with Gasteiger partial charge in [0.05, 0.1) is 12.9 Å². The van der Waals surface area contributed by atoms with Gasteiger partial charge in [-0.05, 0) is 0 Å². The van der Waals surface area contributed by atoms with E-state index in [4.69, 9.17) is 32.3 Å². The summed E-state index contributed by atoms with van der Waals surface area (Å²) in [7, 11) is -9.69. The largest absolute Gasteiger partial charge is 0.387 e. The van der Waals surface area contributed by atoms with E-state index in [2.05, 4.69) is 19.3 Å². The summed E-state index contributed by atoms with van der Waals surface area (Å²) in [5.41, 5.74) is 6.10. The molecule has 3 rings (SSSR count). The van der Waals surface area contributed by atoms with Gasteiger partial charge in [-0.25, -0.2) is 19.3 Å². The van der Waals surface area contributed by atoms with E-state index in [1.807, 2.05) is 0 Å². The zero-order valence-electron chi connectivity index (χ0n) is 15.3. The van der Waals surface area contributed by atoms with Gasteiger partial charge in [0.15, 0.2) is 23.6 Å². The number of anilines is 1. The highest BCUT2D eigenvalue weighted by molar-refractivity contribution is 7.85. The molecule has 0 spiro atoms. The van der Waals surface area contributed by atoms with Crippen LogP contribution in [-0.2, 0) is 27.3 Å². The third-order valence-corrected chi connectivity index (χ3v) is 9.37. The molecule has 2 unspecified atom stereocenters. The number of nitrogens with two attached hydrogens (primary N) is 1. The van der Waals surface area contributed by atoms with E-state index in [9.17, 15) is 28.8 Å². The lowest BCUT2D eigenvalue weighted by Gasteiger charge is -2.21. The number of fused-ring (bicyclic) bond motifs is 1. The van der Waals surface area contributed by atoms with Crippen LogP contribution in [-0.4, -0.2) is 82.8 Å². The van der Waals surface area contributed by atoms with Crippen molar-refractivity contribution in [2.75, 3.05) is 18.2 Å². The number of aliphatic hydroxyl groups is 2. The zero-order valence-corrected chi connectivity index (χ0v) is 18.0. The number of hydrogen-bond acceptors (Lipinski definition) is 12. The average molecular weight is 499 g/mol. The number of imidazole rings is 1. The standard InChI is InChI=1S/C11H17BN5O11P3/c12-31(25,28-30(23,24)4-29(20,21)22)26-1-5-7(18)8(19)11(27-5)17-3-16-6-9(13)14-2-15-10(6)17/h2-3,5,7-8,11,18-19H,1,4H2,(H,23,24)(H2,13,14,15)(H2,20,21,22)/t5-,7-,8-,11-,31?/m1/s1. The molecule has 0 aromatic carbocycles. The number of aliphatic hydroxyl groups excluding tert-OH is 2. The molecule has 170 valence electrons. The Morgan fingerprint density at radius 1 is 1.16 bits per heavy atom. The molecule has 0 bridgehead atoms. The fraction of sp³-hybridized carbons (Fsp3) is 0.545. The summed E-state index contributed by atoms with van der Waals surface area (Å²) in [6.07, 6.45) is -3.28. The number of aromatic nitrogens is 4. The predicted molar refractivity (Wildman–Crippen MR) is 103 cm³/mol. The normalized spacial score (nSPS) is 28.4. The van der Waals surface area contributed by atoms with Gasteiger partial charge >= 0.3 is 15.2 Å². The zero-order chi connectivity index (χ0) is 23.2. The topological polar surface area (TPSA) is 250 Å². The first-order valence-electron chi connectivity index (χ1n) is 8.24. The Hall–Kier alpha value is -1.22. The number of hydrogen-bond donors (Lipinski definition) is 6. The molecular formula is C11H17BN5O11P3. The van der Waals surface area contributed by atoms with Crippen LogP contribution in [0.3, 0.4) is 0 Å². The highest BCUT2D eigenvalue weighted by Crippen LogP contribution is 2.64. The van der Waals surface area contributed by atoms with Gasteiger partial charge in [-0.2, -0.15) is 0 Å². The lowest BCUT2D eigenvalue weighted by Crippen LogP contribution is -2.33. The minimum Gasteiger partial charge on any atom is -0.387 e. The SMILES string of the molecule is [B]P(=O)(OC[C@H]1O[C@@H](n2cnc3c(N)ncnc32)[C@H](O)[C@@H]1O)OP(=O)(O)CP(=O)(O)O. The van der Waals surface area contributed by atoms with Crippen molar-refractivity contribution in [1.82, 2.24) is 19.5 Å². The molecular weight excluding hydrogens is 482 g/mol. The molecule has 20 heteroatoms. The summed E-state index contributed by atoms with van der Waals surface area (Å²) in [5, 5.41) is 20.5. The summed E-state index contributed by atoms with van der Waals surface area (Å²) in [4.78, 5) is 38.7. The summed E-state index contributed by atoms with van der Waals surface area (Å²) in [6, 6.07) is 0. The van der Waals surface area contributed by atoms with Gasteiger partial charge in [0.1, 0.15) is 30.2 Å².